The normalized spacial score (nSPS) is 12.6. The third-order valence-electron chi connectivity index (χ3n) is 2.88. The predicted octanol–water partition coefficient (Wildman–Crippen LogP) is 1.13. The van der Waals surface area contributed by atoms with Crippen molar-refractivity contribution >= 4 is 28.3 Å². The van der Waals surface area contributed by atoms with Crippen molar-refractivity contribution in [3.05, 3.63) is 29.8 Å². The molecule has 1 rings (SSSR count). The molecule has 1 atom stereocenters. The van der Waals surface area contributed by atoms with Gasteiger partial charge in [0.25, 0.3) is 5.91 Å². The maximum Gasteiger partial charge on any atom is 0.251 e. The van der Waals surface area contributed by atoms with E-state index in [0.29, 0.717) is 12.1 Å². The first-order valence-electron chi connectivity index (χ1n) is 6.84. The van der Waals surface area contributed by atoms with E-state index >= 15 is 0 Å². The zero-order valence-electron chi connectivity index (χ0n) is 13.2. The summed E-state index contributed by atoms with van der Waals surface area (Å²) >= 11 is 0. The van der Waals surface area contributed by atoms with Crippen LogP contribution in [0.3, 0.4) is 0 Å². The zero-order chi connectivity index (χ0) is 16.0. The Morgan fingerprint density at radius 1 is 1.14 bits per heavy atom. The summed E-state index contributed by atoms with van der Waals surface area (Å²) in [6, 6.07) is 5.87. The zero-order valence-corrected chi connectivity index (χ0v) is 14.8. The second kappa shape index (κ2) is 9.09. The van der Waals surface area contributed by atoms with Crippen molar-refractivity contribution in [1.82, 2.24) is 15.4 Å². The fourth-order valence-corrected chi connectivity index (χ4v) is 2.86. The Bertz CT molecular complexity index is 574. The molecule has 1 amide bonds. The summed E-state index contributed by atoms with van der Waals surface area (Å²) in [4.78, 5) is 12.0. The lowest BCUT2D eigenvalue weighted by Gasteiger charge is -2.12. The van der Waals surface area contributed by atoms with Gasteiger partial charge in [0.2, 0.25) is 10.0 Å². The third-order valence-corrected chi connectivity index (χ3v) is 4.55. The molecule has 22 heavy (non-hydrogen) atoms. The Morgan fingerprint density at radius 2 is 1.68 bits per heavy atom. The second-order valence-electron chi connectivity index (χ2n) is 5.20. The minimum absolute atomic E-state index is 0. The van der Waals surface area contributed by atoms with Crippen molar-refractivity contribution in [2.45, 2.75) is 37.8 Å². The van der Waals surface area contributed by atoms with E-state index in [1.165, 1.54) is 24.3 Å². The molecule has 6 nitrogen and oxygen atoms in total. The molecular formula is C14H24ClN3O3S. The summed E-state index contributed by atoms with van der Waals surface area (Å²) in [5, 5.41) is 5.79. The molecule has 0 bridgehead atoms. The van der Waals surface area contributed by atoms with Crippen molar-refractivity contribution in [3.63, 3.8) is 0 Å². The van der Waals surface area contributed by atoms with Gasteiger partial charge in [0, 0.05) is 24.2 Å². The quantitative estimate of drug-likeness (QED) is 0.688. The van der Waals surface area contributed by atoms with E-state index in [2.05, 4.69) is 15.4 Å². The summed E-state index contributed by atoms with van der Waals surface area (Å²) in [6.07, 6.45) is 0. The Balaban J connectivity index is 0.00000441. The van der Waals surface area contributed by atoms with Gasteiger partial charge in [-0.05, 0) is 52.1 Å². The molecule has 0 aliphatic carbocycles. The van der Waals surface area contributed by atoms with Crippen molar-refractivity contribution in [1.29, 1.82) is 0 Å². The van der Waals surface area contributed by atoms with Crippen LogP contribution < -0.4 is 15.4 Å². The number of likely N-dealkylation sites (N-methyl/N-ethyl adjacent to an activating group) is 1. The highest BCUT2D eigenvalue weighted by atomic mass is 35.5. The molecule has 0 aliphatic heterocycles. The molecular weight excluding hydrogens is 326 g/mol. The van der Waals surface area contributed by atoms with Gasteiger partial charge in [-0.15, -0.1) is 12.4 Å². The van der Waals surface area contributed by atoms with Gasteiger partial charge in [-0.3, -0.25) is 4.79 Å². The van der Waals surface area contributed by atoms with Crippen molar-refractivity contribution < 1.29 is 13.2 Å². The SMILES string of the molecule is CNC(C)CNC(=O)c1ccc(S(=O)(=O)NC(C)C)cc1.Cl. The molecule has 1 aromatic carbocycles. The highest BCUT2D eigenvalue weighted by molar-refractivity contribution is 7.89. The van der Waals surface area contributed by atoms with Crippen LogP contribution in [-0.4, -0.2) is 40.0 Å². The number of hydrogen-bond acceptors (Lipinski definition) is 4. The number of carbonyl (C=O) groups excluding carboxylic acids is 1. The maximum absolute atomic E-state index is 12.0. The average Bonchev–Trinajstić information content (AvgIpc) is 2.43. The number of benzene rings is 1. The van der Waals surface area contributed by atoms with Gasteiger partial charge in [-0.25, -0.2) is 13.1 Å². The predicted molar refractivity (Wildman–Crippen MR) is 90.0 cm³/mol. The largest absolute Gasteiger partial charge is 0.350 e. The summed E-state index contributed by atoms with van der Waals surface area (Å²) in [5.41, 5.74) is 0.432. The molecule has 0 aliphatic rings. The number of carbonyl (C=O) groups is 1. The Morgan fingerprint density at radius 3 is 2.14 bits per heavy atom. The summed E-state index contributed by atoms with van der Waals surface area (Å²) in [6.45, 7) is 5.96. The lowest BCUT2D eigenvalue weighted by molar-refractivity contribution is 0.0950. The van der Waals surface area contributed by atoms with Crippen LogP contribution in [0.15, 0.2) is 29.2 Å². The molecule has 126 valence electrons. The van der Waals surface area contributed by atoms with Gasteiger partial charge < -0.3 is 10.6 Å². The van der Waals surface area contributed by atoms with Gasteiger partial charge in [0.1, 0.15) is 0 Å². The van der Waals surface area contributed by atoms with Gasteiger partial charge in [0.05, 0.1) is 4.90 Å². The van der Waals surface area contributed by atoms with Crippen molar-refractivity contribution in [3.8, 4) is 0 Å². The summed E-state index contributed by atoms with van der Waals surface area (Å²) in [7, 11) is -1.71. The molecule has 0 spiro atoms. The summed E-state index contributed by atoms with van der Waals surface area (Å²) in [5.74, 6) is -0.224. The van der Waals surface area contributed by atoms with E-state index in [-0.39, 0.29) is 35.3 Å². The minimum Gasteiger partial charge on any atom is -0.350 e. The van der Waals surface area contributed by atoms with Gasteiger partial charge >= 0.3 is 0 Å². The van der Waals surface area contributed by atoms with E-state index in [0.717, 1.165) is 0 Å². The number of sulfonamides is 1. The molecule has 3 N–H and O–H groups in total. The lowest BCUT2D eigenvalue weighted by Crippen LogP contribution is -2.37. The number of hydrogen-bond donors (Lipinski definition) is 3. The van der Waals surface area contributed by atoms with E-state index in [1.54, 1.807) is 13.8 Å². The molecule has 0 radical (unpaired) electrons. The molecule has 1 aromatic rings. The number of amides is 1. The van der Waals surface area contributed by atoms with Crippen molar-refractivity contribution in [2.24, 2.45) is 0 Å². The van der Waals surface area contributed by atoms with Crippen LogP contribution in [0.4, 0.5) is 0 Å². The Hall–Kier alpha value is -1.15. The maximum atomic E-state index is 12.0. The van der Waals surface area contributed by atoms with E-state index in [1.807, 2.05) is 14.0 Å². The molecule has 1 unspecified atom stereocenters. The van der Waals surface area contributed by atoms with Crippen LogP contribution in [0.5, 0.6) is 0 Å². The first-order chi connectivity index (χ1) is 9.76. The highest BCUT2D eigenvalue weighted by Crippen LogP contribution is 2.11. The smallest absolute Gasteiger partial charge is 0.251 e. The van der Waals surface area contributed by atoms with Crippen LogP contribution in [0.25, 0.3) is 0 Å². The minimum atomic E-state index is -3.52. The topological polar surface area (TPSA) is 87.3 Å². The molecule has 0 saturated heterocycles. The fourth-order valence-electron chi connectivity index (χ4n) is 1.61. The van der Waals surface area contributed by atoms with Gasteiger partial charge in [-0.1, -0.05) is 0 Å². The number of halogens is 1. The Labute approximate surface area is 138 Å². The molecule has 0 fully saturated rings. The standard InChI is InChI=1S/C14H23N3O3S.ClH/c1-10(2)17-21(19,20)13-7-5-12(6-8-13)14(18)16-9-11(3)15-4;/h5-8,10-11,15,17H,9H2,1-4H3,(H,16,18);1H. The van der Waals surface area contributed by atoms with Crippen LogP contribution in [0.1, 0.15) is 31.1 Å². The average molecular weight is 350 g/mol. The molecule has 0 saturated carbocycles. The molecule has 8 heteroatoms. The monoisotopic (exact) mass is 349 g/mol. The van der Waals surface area contributed by atoms with Gasteiger partial charge in [-0.2, -0.15) is 0 Å². The van der Waals surface area contributed by atoms with Crippen LogP contribution >= 0.6 is 12.4 Å². The molecule has 0 aromatic heterocycles. The third kappa shape index (κ3) is 6.31. The molecule has 0 heterocycles. The summed E-state index contributed by atoms with van der Waals surface area (Å²) < 4.78 is 26.4. The van der Waals surface area contributed by atoms with E-state index < -0.39 is 10.0 Å². The number of nitrogens with one attached hydrogen (secondary N) is 3. The fraction of sp³-hybridized carbons (Fsp3) is 0.500. The number of rotatable bonds is 7. The lowest BCUT2D eigenvalue weighted by atomic mass is 10.2. The van der Waals surface area contributed by atoms with Gasteiger partial charge in [0.15, 0.2) is 0 Å². The first kappa shape index (κ1) is 20.9. The van der Waals surface area contributed by atoms with Crippen LogP contribution in [0.2, 0.25) is 0 Å². The first-order valence-corrected chi connectivity index (χ1v) is 8.32. The van der Waals surface area contributed by atoms with Crippen LogP contribution in [0, 0.1) is 0 Å². The second-order valence-corrected chi connectivity index (χ2v) is 6.91. The highest BCUT2D eigenvalue weighted by Gasteiger charge is 2.16. The Kier molecular flexibility index (Phi) is 8.62. The van der Waals surface area contributed by atoms with E-state index in [4.69, 9.17) is 0 Å². The van der Waals surface area contributed by atoms with Crippen molar-refractivity contribution in [2.75, 3.05) is 13.6 Å². The van der Waals surface area contributed by atoms with Crippen LogP contribution in [-0.2, 0) is 10.0 Å². The van der Waals surface area contributed by atoms with E-state index in [9.17, 15) is 13.2 Å².